The first kappa shape index (κ1) is 67.4. The van der Waals surface area contributed by atoms with E-state index >= 15 is 0 Å². The van der Waals surface area contributed by atoms with Crippen molar-refractivity contribution in [2.75, 3.05) is 45.8 Å². The van der Waals surface area contributed by atoms with Crippen LogP contribution in [0.4, 0.5) is 0 Å². The largest absolute Gasteiger partial charge is 0.478 e. The molecule has 3 fully saturated rings. The van der Waals surface area contributed by atoms with E-state index in [1.807, 2.05) is 91.0 Å². The van der Waals surface area contributed by atoms with Crippen LogP contribution in [0.25, 0.3) is 67.5 Å². The molecule has 3 aliphatic rings. The van der Waals surface area contributed by atoms with Crippen LogP contribution in [0.1, 0.15) is 127 Å². The second kappa shape index (κ2) is 33.3. The molecule has 3 aliphatic heterocycles. The molecule has 22 heteroatoms. The zero-order valence-electron chi connectivity index (χ0n) is 52.2. The molecular formula is C69H80Cl3N15O4. The predicted octanol–water partition coefficient (Wildman–Crippen LogP) is 14.8. The van der Waals surface area contributed by atoms with Gasteiger partial charge in [-0.3, -0.25) is 15.3 Å². The number of hydrogen-bond acceptors (Lipinski definition) is 14. The summed E-state index contributed by atoms with van der Waals surface area (Å²) in [5, 5.41) is 41.9. The van der Waals surface area contributed by atoms with Crippen molar-refractivity contribution >= 4 is 46.7 Å². The van der Waals surface area contributed by atoms with Gasteiger partial charge in [-0.15, -0.1) is 0 Å². The molecule has 0 aliphatic carbocycles. The normalized spacial score (nSPS) is 16.0. The summed E-state index contributed by atoms with van der Waals surface area (Å²) in [6.45, 7) is 19.4. The summed E-state index contributed by atoms with van der Waals surface area (Å²) >= 11 is 18.2. The molecule has 0 amide bonds. The first-order valence-electron chi connectivity index (χ1n) is 31.4. The van der Waals surface area contributed by atoms with Crippen LogP contribution in [0.5, 0.6) is 0 Å². The van der Waals surface area contributed by atoms with Gasteiger partial charge >= 0.3 is 11.9 Å². The summed E-state index contributed by atoms with van der Waals surface area (Å²) in [7, 11) is 0. The van der Waals surface area contributed by atoms with Gasteiger partial charge in [0.1, 0.15) is 36.1 Å². The minimum atomic E-state index is -1.26. The van der Waals surface area contributed by atoms with E-state index in [1.54, 1.807) is 37.6 Å². The van der Waals surface area contributed by atoms with Crippen LogP contribution in [0.3, 0.4) is 0 Å². The van der Waals surface area contributed by atoms with Crippen LogP contribution in [0, 0.1) is 0 Å². The Kier molecular flexibility index (Phi) is 24.7. The first-order valence-corrected chi connectivity index (χ1v) is 32.5. The Morgan fingerprint density at radius 1 is 0.484 bits per heavy atom. The maximum atomic E-state index is 9.55. The molecule has 0 saturated carbocycles. The summed E-state index contributed by atoms with van der Waals surface area (Å²) in [4.78, 5) is 52.7. The average Bonchev–Trinajstić information content (AvgIpc) is 2.39. The Hall–Kier alpha value is -8.04. The van der Waals surface area contributed by atoms with E-state index in [2.05, 4.69) is 99.6 Å². The molecule has 476 valence electrons. The van der Waals surface area contributed by atoms with Crippen molar-refractivity contribution in [1.29, 1.82) is 0 Å². The molecule has 2 unspecified atom stereocenters. The quantitative estimate of drug-likeness (QED) is 0.0532. The molecule has 12 rings (SSSR count). The van der Waals surface area contributed by atoms with Crippen molar-refractivity contribution in [3.05, 3.63) is 173 Å². The van der Waals surface area contributed by atoms with Gasteiger partial charge < -0.3 is 24.9 Å². The Labute approximate surface area is 547 Å². The zero-order valence-corrected chi connectivity index (χ0v) is 54.5. The van der Waals surface area contributed by atoms with Gasteiger partial charge in [-0.25, -0.2) is 39.5 Å². The zero-order chi connectivity index (χ0) is 64.2. The van der Waals surface area contributed by atoms with E-state index in [0.717, 1.165) is 160 Å². The maximum absolute atomic E-state index is 9.55. The molecule has 2 atom stereocenters. The minimum absolute atomic E-state index is 0.457. The lowest BCUT2D eigenvalue weighted by molar-refractivity contribution is -0.134. The highest BCUT2D eigenvalue weighted by molar-refractivity contribution is 6.31. The Bertz CT molecular complexity index is 3550. The number of carbonyl (C=O) groups is 2. The number of nitrogens with one attached hydrogen (secondary N) is 3. The lowest BCUT2D eigenvalue weighted by Crippen LogP contribution is -2.39. The first-order chi connectivity index (χ1) is 44.2. The van der Waals surface area contributed by atoms with Crippen LogP contribution < -0.4 is 0 Å². The van der Waals surface area contributed by atoms with Crippen LogP contribution >= 0.6 is 34.8 Å². The maximum Gasteiger partial charge on any atom is 0.328 e. The van der Waals surface area contributed by atoms with Crippen LogP contribution in [-0.4, -0.2) is 155 Å². The molecule has 3 aromatic carbocycles. The highest BCUT2D eigenvalue weighted by Crippen LogP contribution is 2.43. The van der Waals surface area contributed by atoms with Crippen LogP contribution in [0.15, 0.2) is 141 Å². The summed E-state index contributed by atoms with van der Waals surface area (Å²) < 4.78 is 0. The number of benzene rings is 3. The van der Waals surface area contributed by atoms with Gasteiger partial charge in [0, 0.05) is 126 Å². The number of aromatic nitrogens is 12. The monoisotopic (exact) mass is 1290 g/mol. The van der Waals surface area contributed by atoms with E-state index in [1.165, 1.54) is 42.9 Å². The third kappa shape index (κ3) is 17.9. The lowest BCUT2D eigenvalue weighted by atomic mass is 9.88. The van der Waals surface area contributed by atoms with Crippen LogP contribution in [0.2, 0.25) is 15.1 Å². The van der Waals surface area contributed by atoms with E-state index in [4.69, 9.17) is 55.2 Å². The van der Waals surface area contributed by atoms with Gasteiger partial charge in [-0.2, -0.15) is 15.3 Å². The topological polar surface area (TPSA) is 248 Å². The van der Waals surface area contributed by atoms with E-state index in [-0.39, 0.29) is 0 Å². The molecule has 6 aromatic heterocycles. The fraction of sp³-hybridized carbons (Fsp3) is 0.377. The van der Waals surface area contributed by atoms with Crippen molar-refractivity contribution in [2.24, 2.45) is 0 Å². The minimum Gasteiger partial charge on any atom is -0.478 e. The number of piperidine rings is 3. The summed E-state index contributed by atoms with van der Waals surface area (Å²) in [6.07, 6.45) is 21.7. The van der Waals surface area contributed by atoms with Crippen molar-refractivity contribution in [2.45, 2.75) is 122 Å². The number of aromatic amines is 3. The number of likely N-dealkylation sites (tertiary alicyclic amines) is 3. The van der Waals surface area contributed by atoms with Crippen LogP contribution in [-0.2, 0) is 9.59 Å². The van der Waals surface area contributed by atoms with Crippen molar-refractivity contribution in [1.82, 2.24) is 75.2 Å². The van der Waals surface area contributed by atoms with Crippen molar-refractivity contribution in [3.63, 3.8) is 0 Å². The number of rotatable bonds is 17. The second-order valence-corrected chi connectivity index (χ2v) is 24.5. The summed E-state index contributed by atoms with van der Waals surface area (Å²) in [6, 6.07) is 30.7. The third-order valence-corrected chi connectivity index (χ3v) is 18.2. The van der Waals surface area contributed by atoms with Gasteiger partial charge in [0.05, 0.1) is 17.1 Å². The molecule has 0 bridgehead atoms. The van der Waals surface area contributed by atoms with Gasteiger partial charge in [-0.05, 0) is 172 Å². The Balaban J connectivity index is 0.000000152. The average molecular weight is 1290 g/mol. The molecule has 0 spiro atoms. The molecule has 9 aromatic rings. The molecule has 19 nitrogen and oxygen atoms in total. The lowest BCUT2D eigenvalue weighted by Gasteiger charge is -2.35. The fourth-order valence-corrected chi connectivity index (χ4v) is 12.6. The predicted molar refractivity (Wildman–Crippen MR) is 360 cm³/mol. The van der Waals surface area contributed by atoms with Crippen molar-refractivity contribution < 1.29 is 19.8 Å². The van der Waals surface area contributed by atoms with E-state index < -0.39 is 11.9 Å². The van der Waals surface area contributed by atoms with E-state index in [9.17, 15) is 9.59 Å². The standard InChI is InChI=1S/2C22H26ClN5.C21H24ClN5.C4H4O4/c2*1-3-15(2)28-12-9-17(10-13-28)22-20(19-8-11-24-14-25-19)21(26-27-22)16-4-6-18(23)7-5-16;1-2-11-27-12-8-16(9-13-27)21-19(18-7-10-23-14-24-18)20(25-26-21)15-3-5-17(22)6-4-15;5-3(6)1-2-4(7)8/h2*4-8,11,14-15,17H,3,9-10,12-13H2,1-2H3,(H,26,27);3-7,10,14,16H,2,8-9,11-13H2,1H3,(H,25,26);1-2H,(H,5,6)(H,7,8)/b;;;2-1+. The third-order valence-electron chi connectivity index (χ3n) is 17.5. The SMILES string of the molecule is CCC(C)N1CCC(c2[nH]nc(-c3ccc(Cl)cc3)c2-c2ccncn2)CC1.CCC(C)N1CCC(c2[nH]nc(-c3ccc(Cl)cc3)c2-c2ccncn2)CC1.CCCN1CCC(c2[nH]nc(-c3ccc(Cl)cc3)c2-c2ccncn2)CC1.O=C(O)/C=C/C(=O)O. The second-order valence-electron chi connectivity index (χ2n) is 23.1. The number of carboxylic acids is 2. The van der Waals surface area contributed by atoms with Gasteiger partial charge in [0.25, 0.3) is 0 Å². The highest BCUT2D eigenvalue weighted by atomic mass is 35.5. The van der Waals surface area contributed by atoms with Gasteiger partial charge in [0.15, 0.2) is 0 Å². The Morgan fingerprint density at radius 2 is 0.780 bits per heavy atom. The molecule has 91 heavy (non-hydrogen) atoms. The smallest absolute Gasteiger partial charge is 0.328 e. The van der Waals surface area contributed by atoms with Gasteiger partial charge in [0.2, 0.25) is 0 Å². The van der Waals surface area contributed by atoms with E-state index in [0.29, 0.717) is 42.0 Å². The highest BCUT2D eigenvalue weighted by Gasteiger charge is 2.32. The van der Waals surface area contributed by atoms with Gasteiger partial charge in [-0.1, -0.05) is 92.0 Å². The molecule has 0 radical (unpaired) electrons. The fourth-order valence-electron chi connectivity index (χ4n) is 12.2. The number of aliphatic carboxylic acids is 2. The Morgan fingerprint density at radius 3 is 1.03 bits per heavy atom. The number of halogens is 3. The summed E-state index contributed by atoms with van der Waals surface area (Å²) in [5.41, 5.74) is 15.5. The number of carboxylic acid groups (broad SMARTS) is 2. The van der Waals surface area contributed by atoms with Crippen molar-refractivity contribution in [3.8, 4) is 67.5 Å². The molecule has 5 N–H and O–H groups in total. The summed E-state index contributed by atoms with van der Waals surface area (Å²) in [5.74, 6) is -1.13. The molecule has 9 heterocycles. The number of nitrogens with zero attached hydrogens (tertiary/aromatic N) is 12. The number of H-pyrrole nitrogens is 3. The molecular weight excluding hydrogens is 1210 g/mol. The number of hydrogen-bond donors (Lipinski definition) is 5. The molecule has 3 saturated heterocycles.